The van der Waals surface area contributed by atoms with Gasteiger partial charge in [-0.2, -0.15) is 0 Å². The van der Waals surface area contributed by atoms with Crippen LogP contribution in [0.25, 0.3) is 11.3 Å². The SMILES string of the molecule is NC(=O)c1ccnc(-c2ccccc2)c1. The molecule has 0 saturated heterocycles. The number of primary amides is 1. The van der Waals surface area contributed by atoms with Crippen molar-refractivity contribution in [1.82, 2.24) is 4.98 Å². The zero-order chi connectivity index (χ0) is 10.7. The van der Waals surface area contributed by atoms with E-state index >= 15 is 0 Å². The zero-order valence-electron chi connectivity index (χ0n) is 8.05. The first kappa shape index (κ1) is 9.40. The maximum Gasteiger partial charge on any atom is 0.248 e. The minimum atomic E-state index is -0.436. The van der Waals surface area contributed by atoms with Crippen LogP contribution < -0.4 is 5.73 Å². The first-order valence-corrected chi connectivity index (χ1v) is 4.58. The lowest BCUT2D eigenvalue weighted by Gasteiger charge is -2.01. The molecule has 2 aromatic rings. The molecule has 74 valence electrons. The maximum absolute atomic E-state index is 11.0. The van der Waals surface area contributed by atoms with Crippen LogP contribution in [0.4, 0.5) is 0 Å². The lowest BCUT2D eigenvalue weighted by molar-refractivity contribution is 0.1000. The van der Waals surface area contributed by atoms with Crippen LogP contribution in [0.5, 0.6) is 0 Å². The molecular weight excluding hydrogens is 188 g/mol. The Balaban J connectivity index is 2.46. The van der Waals surface area contributed by atoms with Gasteiger partial charge in [0, 0.05) is 17.3 Å². The fourth-order valence-electron chi connectivity index (χ4n) is 1.35. The molecule has 0 aliphatic heterocycles. The Bertz CT molecular complexity index is 480. The number of nitrogens with two attached hydrogens (primary N) is 1. The monoisotopic (exact) mass is 198 g/mol. The van der Waals surface area contributed by atoms with E-state index in [1.54, 1.807) is 18.3 Å². The second-order valence-corrected chi connectivity index (χ2v) is 3.16. The summed E-state index contributed by atoms with van der Waals surface area (Å²) in [7, 11) is 0. The van der Waals surface area contributed by atoms with Gasteiger partial charge in [0.2, 0.25) is 5.91 Å². The number of hydrogen-bond donors (Lipinski definition) is 1. The lowest BCUT2D eigenvalue weighted by atomic mass is 10.1. The minimum Gasteiger partial charge on any atom is -0.366 e. The van der Waals surface area contributed by atoms with Gasteiger partial charge in [-0.1, -0.05) is 30.3 Å². The van der Waals surface area contributed by atoms with Crippen LogP contribution in [0.15, 0.2) is 48.7 Å². The molecule has 0 saturated carbocycles. The highest BCUT2D eigenvalue weighted by Gasteiger charge is 2.03. The fourth-order valence-corrected chi connectivity index (χ4v) is 1.35. The molecule has 1 heterocycles. The van der Waals surface area contributed by atoms with Crippen molar-refractivity contribution in [1.29, 1.82) is 0 Å². The predicted molar refractivity (Wildman–Crippen MR) is 58.2 cm³/mol. The van der Waals surface area contributed by atoms with Crippen molar-refractivity contribution < 1.29 is 4.79 Å². The van der Waals surface area contributed by atoms with Crippen molar-refractivity contribution >= 4 is 5.91 Å². The van der Waals surface area contributed by atoms with E-state index in [0.717, 1.165) is 11.3 Å². The minimum absolute atomic E-state index is 0.436. The largest absolute Gasteiger partial charge is 0.366 e. The Morgan fingerprint density at radius 1 is 1.13 bits per heavy atom. The van der Waals surface area contributed by atoms with Crippen molar-refractivity contribution in [3.63, 3.8) is 0 Å². The molecule has 0 fully saturated rings. The highest BCUT2D eigenvalue weighted by atomic mass is 16.1. The Kier molecular flexibility index (Phi) is 2.46. The van der Waals surface area contributed by atoms with E-state index in [2.05, 4.69) is 4.98 Å². The van der Waals surface area contributed by atoms with E-state index < -0.39 is 5.91 Å². The van der Waals surface area contributed by atoms with E-state index in [0.29, 0.717) is 5.56 Å². The van der Waals surface area contributed by atoms with Gasteiger partial charge in [0.1, 0.15) is 0 Å². The predicted octanol–water partition coefficient (Wildman–Crippen LogP) is 1.85. The molecule has 1 amide bonds. The van der Waals surface area contributed by atoms with Crippen LogP contribution in [0.3, 0.4) is 0 Å². The van der Waals surface area contributed by atoms with E-state index in [1.807, 2.05) is 30.3 Å². The average molecular weight is 198 g/mol. The fraction of sp³-hybridized carbons (Fsp3) is 0. The summed E-state index contributed by atoms with van der Waals surface area (Å²) in [5, 5.41) is 0. The molecule has 0 bridgehead atoms. The number of benzene rings is 1. The Morgan fingerprint density at radius 2 is 1.87 bits per heavy atom. The molecule has 1 aromatic heterocycles. The van der Waals surface area contributed by atoms with Gasteiger partial charge < -0.3 is 5.73 Å². The average Bonchev–Trinajstić information content (AvgIpc) is 2.30. The number of carbonyl (C=O) groups excluding carboxylic acids is 1. The number of aromatic nitrogens is 1. The molecule has 0 aliphatic carbocycles. The summed E-state index contributed by atoms with van der Waals surface area (Å²) >= 11 is 0. The molecule has 2 N–H and O–H groups in total. The molecule has 15 heavy (non-hydrogen) atoms. The summed E-state index contributed by atoms with van der Waals surface area (Å²) in [5.74, 6) is -0.436. The lowest BCUT2D eigenvalue weighted by Crippen LogP contribution is -2.10. The molecule has 0 aliphatic rings. The van der Waals surface area contributed by atoms with Gasteiger partial charge in [0.15, 0.2) is 0 Å². The third-order valence-corrected chi connectivity index (χ3v) is 2.11. The van der Waals surface area contributed by atoms with Gasteiger partial charge in [-0.15, -0.1) is 0 Å². The van der Waals surface area contributed by atoms with Gasteiger partial charge in [-0.05, 0) is 12.1 Å². The smallest absolute Gasteiger partial charge is 0.248 e. The number of hydrogen-bond acceptors (Lipinski definition) is 2. The van der Waals surface area contributed by atoms with Crippen molar-refractivity contribution in [2.45, 2.75) is 0 Å². The standard InChI is InChI=1S/C12H10N2O/c13-12(15)10-6-7-14-11(8-10)9-4-2-1-3-5-9/h1-8H,(H2,13,15). The first-order valence-electron chi connectivity index (χ1n) is 4.58. The Labute approximate surface area is 87.6 Å². The third-order valence-electron chi connectivity index (χ3n) is 2.11. The van der Waals surface area contributed by atoms with E-state index in [9.17, 15) is 4.79 Å². The van der Waals surface area contributed by atoms with Gasteiger partial charge in [-0.25, -0.2) is 0 Å². The van der Waals surface area contributed by atoms with Gasteiger partial charge in [0.25, 0.3) is 0 Å². The van der Waals surface area contributed by atoms with Gasteiger partial charge in [0.05, 0.1) is 5.69 Å². The molecule has 0 spiro atoms. The maximum atomic E-state index is 11.0. The molecular formula is C12H10N2O. The number of amides is 1. The van der Waals surface area contributed by atoms with E-state index in [1.165, 1.54) is 0 Å². The van der Waals surface area contributed by atoms with E-state index in [-0.39, 0.29) is 0 Å². The molecule has 0 radical (unpaired) electrons. The number of nitrogens with zero attached hydrogens (tertiary/aromatic N) is 1. The summed E-state index contributed by atoms with van der Waals surface area (Å²) in [4.78, 5) is 15.2. The third kappa shape index (κ3) is 2.02. The van der Waals surface area contributed by atoms with Crippen molar-refractivity contribution in [2.75, 3.05) is 0 Å². The molecule has 2 rings (SSSR count). The van der Waals surface area contributed by atoms with Crippen LogP contribution in [0.2, 0.25) is 0 Å². The number of pyridine rings is 1. The number of carbonyl (C=O) groups is 1. The van der Waals surface area contributed by atoms with E-state index in [4.69, 9.17) is 5.73 Å². The summed E-state index contributed by atoms with van der Waals surface area (Å²) in [6.45, 7) is 0. The van der Waals surface area contributed by atoms with Crippen LogP contribution in [0, 0.1) is 0 Å². The number of rotatable bonds is 2. The van der Waals surface area contributed by atoms with Crippen LogP contribution >= 0.6 is 0 Å². The molecule has 0 unspecified atom stereocenters. The zero-order valence-corrected chi connectivity index (χ0v) is 8.05. The van der Waals surface area contributed by atoms with Crippen LogP contribution in [-0.2, 0) is 0 Å². The summed E-state index contributed by atoms with van der Waals surface area (Å²) in [6.07, 6.45) is 1.59. The first-order chi connectivity index (χ1) is 7.27. The normalized spacial score (nSPS) is 9.87. The van der Waals surface area contributed by atoms with Crippen LogP contribution in [0.1, 0.15) is 10.4 Å². The summed E-state index contributed by atoms with van der Waals surface area (Å²) < 4.78 is 0. The second kappa shape index (κ2) is 3.92. The highest BCUT2D eigenvalue weighted by Crippen LogP contribution is 2.16. The Morgan fingerprint density at radius 3 is 2.53 bits per heavy atom. The highest BCUT2D eigenvalue weighted by molar-refractivity contribution is 5.93. The quantitative estimate of drug-likeness (QED) is 0.800. The van der Waals surface area contributed by atoms with Crippen molar-refractivity contribution in [3.8, 4) is 11.3 Å². The molecule has 3 heteroatoms. The summed E-state index contributed by atoms with van der Waals surface area (Å²) in [5.41, 5.74) is 7.40. The molecule has 3 nitrogen and oxygen atoms in total. The van der Waals surface area contributed by atoms with Crippen molar-refractivity contribution in [3.05, 3.63) is 54.2 Å². The van der Waals surface area contributed by atoms with Gasteiger partial charge in [-0.3, -0.25) is 9.78 Å². The Hall–Kier alpha value is -2.16. The molecule has 0 atom stereocenters. The summed E-state index contributed by atoms with van der Waals surface area (Å²) in [6, 6.07) is 13.0. The van der Waals surface area contributed by atoms with Crippen LogP contribution in [-0.4, -0.2) is 10.9 Å². The topological polar surface area (TPSA) is 56.0 Å². The second-order valence-electron chi connectivity index (χ2n) is 3.16. The van der Waals surface area contributed by atoms with Gasteiger partial charge >= 0.3 is 0 Å². The molecule has 1 aromatic carbocycles. The van der Waals surface area contributed by atoms with Crippen molar-refractivity contribution in [2.24, 2.45) is 5.73 Å².